The van der Waals surface area contributed by atoms with Gasteiger partial charge >= 0.3 is 0 Å². The minimum atomic E-state index is -0.313. The lowest BCUT2D eigenvalue weighted by Crippen LogP contribution is -2.20. The van der Waals surface area contributed by atoms with Gasteiger partial charge < -0.3 is 9.15 Å². The number of benzene rings is 4. The molecule has 0 spiro atoms. The maximum Gasteiger partial charge on any atom is 0.282 e. The van der Waals surface area contributed by atoms with Crippen molar-refractivity contribution < 1.29 is 9.15 Å². The van der Waals surface area contributed by atoms with E-state index in [1.54, 1.807) is 30.5 Å². The molecule has 0 aliphatic rings. The number of hydrogen-bond acceptors (Lipinski definition) is 5. The number of nitrogens with zero attached hydrogens (tertiary/aromatic N) is 3. The molecule has 9 heteroatoms. The molecule has 6 aromatic rings. The van der Waals surface area contributed by atoms with Gasteiger partial charge in [-0.3, -0.25) is 4.79 Å². The molecule has 192 valence electrons. The Bertz CT molecular complexity index is 1870. The summed E-state index contributed by atoms with van der Waals surface area (Å²) in [5.41, 5.74) is 2.61. The van der Waals surface area contributed by atoms with Gasteiger partial charge in [0.25, 0.3) is 5.56 Å². The summed E-state index contributed by atoms with van der Waals surface area (Å²) in [6.07, 6.45) is 1.55. The molecule has 0 radical (unpaired) electrons. The second-order valence-corrected chi connectivity index (χ2v) is 10.9. The Morgan fingerprint density at radius 2 is 1.74 bits per heavy atom. The highest BCUT2D eigenvalue weighted by Gasteiger charge is 2.16. The second kappa shape index (κ2) is 10.8. The van der Waals surface area contributed by atoms with Crippen molar-refractivity contribution in [3.63, 3.8) is 0 Å². The Morgan fingerprint density at radius 3 is 2.54 bits per heavy atom. The third-order valence-corrected chi connectivity index (χ3v) is 7.44. The number of aromatic nitrogens is 2. The number of para-hydroxylation sites is 2. The van der Waals surface area contributed by atoms with Crippen molar-refractivity contribution in [3.8, 4) is 17.3 Å². The third kappa shape index (κ3) is 5.28. The minimum Gasteiger partial charge on any atom is -0.486 e. The van der Waals surface area contributed by atoms with Crippen molar-refractivity contribution >= 4 is 71.5 Å². The van der Waals surface area contributed by atoms with E-state index in [1.165, 1.54) is 4.68 Å². The first kappa shape index (κ1) is 25.6. The van der Waals surface area contributed by atoms with Gasteiger partial charge in [0.2, 0.25) is 5.82 Å². The topological polar surface area (TPSA) is 69.6 Å². The summed E-state index contributed by atoms with van der Waals surface area (Å²) >= 11 is 13.6. The molecule has 6 nitrogen and oxygen atoms in total. The van der Waals surface area contributed by atoms with Gasteiger partial charge in [0, 0.05) is 9.86 Å². The van der Waals surface area contributed by atoms with Crippen molar-refractivity contribution in [2.45, 2.75) is 6.61 Å². The predicted octanol–water partition coefficient (Wildman–Crippen LogP) is 8.45. The Kier molecular flexibility index (Phi) is 7.08. The molecule has 0 aliphatic heterocycles. The molecule has 0 aliphatic carbocycles. The first-order valence-corrected chi connectivity index (χ1v) is 13.8. The number of furan rings is 1. The van der Waals surface area contributed by atoms with Crippen LogP contribution in [0.5, 0.6) is 5.75 Å². The van der Waals surface area contributed by atoms with Gasteiger partial charge in [0.05, 0.1) is 26.6 Å². The number of fused-ring (bicyclic) bond motifs is 2. The average molecular weight is 664 g/mol. The third-order valence-electron chi connectivity index (χ3n) is 6.04. The van der Waals surface area contributed by atoms with E-state index in [4.69, 9.17) is 25.7 Å². The van der Waals surface area contributed by atoms with Crippen LogP contribution in [0.1, 0.15) is 11.1 Å². The second-order valence-electron chi connectivity index (χ2n) is 8.69. The fourth-order valence-electron chi connectivity index (χ4n) is 4.13. The van der Waals surface area contributed by atoms with Crippen molar-refractivity contribution in [2.75, 3.05) is 0 Å². The normalized spacial score (nSPS) is 11.6. The van der Waals surface area contributed by atoms with E-state index in [0.29, 0.717) is 55.5 Å². The minimum absolute atomic E-state index is 0.297. The summed E-state index contributed by atoms with van der Waals surface area (Å²) in [5, 5.41) is 6.28. The van der Waals surface area contributed by atoms with Crippen LogP contribution in [0.3, 0.4) is 0 Å². The van der Waals surface area contributed by atoms with Gasteiger partial charge in [-0.1, -0.05) is 70.0 Å². The smallest absolute Gasteiger partial charge is 0.282 e. The van der Waals surface area contributed by atoms with Gasteiger partial charge in [-0.15, -0.1) is 0 Å². The van der Waals surface area contributed by atoms with Crippen LogP contribution < -0.4 is 10.3 Å². The van der Waals surface area contributed by atoms with E-state index < -0.39 is 0 Å². The predicted molar refractivity (Wildman–Crippen MR) is 162 cm³/mol. The van der Waals surface area contributed by atoms with Crippen molar-refractivity contribution in [1.82, 2.24) is 9.66 Å². The van der Waals surface area contributed by atoms with E-state index in [2.05, 4.69) is 37.0 Å². The van der Waals surface area contributed by atoms with Crippen LogP contribution in [-0.4, -0.2) is 15.9 Å². The van der Waals surface area contributed by atoms with Gasteiger partial charge in [0.1, 0.15) is 12.2 Å². The summed E-state index contributed by atoms with van der Waals surface area (Å²) in [6, 6.07) is 28.0. The van der Waals surface area contributed by atoms with Crippen molar-refractivity contribution in [3.05, 3.63) is 126 Å². The Labute approximate surface area is 244 Å². The Hall–Kier alpha value is -3.72. The number of ether oxygens (including phenoxy) is 1. The van der Waals surface area contributed by atoms with Crippen LogP contribution in [-0.2, 0) is 6.61 Å². The van der Waals surface area contributed by atoms with Gasteiger partial charge in [-0.05, 0) is 75.6 Å². The molecule has 2 aromatic heterocycles. The standard InChI is InChI=1S/C30H18Br2ClN3O3/c31-21-11-9-18(10-12-21)17-38-28-23(32)13-19(14-24(28)33)16-34-36-29(27-15-20-5-1-4-8-26(20)39-27)35-25-7-3-2-6-22(25)30(36)37/h1-16H,17H2. The van der Waals surface area contributed by atoms with E-state index in [9.17, 15) is 4.79 Å². The first-order chi connectivity index (χ1) is 19.0. The quantitative estimate of drug-likeness (QED) is 0.168. The summed E-state index contributed by atoms with van der Waals surface area (Å²) in [6.45, 7) is 0.359. The highest BCUT2D eigenvalue weighted by atomic mass is 79.9. The molecule has 39 heavy (non-hydrogen) atoms. The summed E-state index contributed by atoms with van der Waals surface area (Å²) in [7, 11) is 0. The SMILES string of the molecule is O=c1c2ccccc2nc(-c2cc3ccccc3o2)n1N=Cc1cc(Cl)c(OCc2ccc(Br)cc2)c(Br)c1. The fourth-order valence-corrected chi connectivity index (χ4v) is 5.39. The highest BCUT2D eigenvalue weighted by molar-refractivity contribution is 9.10. The number of halogens is 3. The lowest BCUT2D eigenvalue weighted by Gasteiger charge is -2.11. The highest BCUT2D eigenvalue weighted by Crippen LogP contribution is 2.35. The molecule has 2 heterocycles. The molecule has 4 aromatic carbocycles. The van der Waals surface area contributed by atoms with Crippen molar-refractivity contribution in [1.29, 1.82) is 0 Å². The molecular formula is C30H18Br2ClN3O3. The zero-order valence-corrected chi connectivity index (χ0v) is 24.1. The lowest BCUT2D eigenvalue weighted by atomic mass is 10.2. The number of hydrogen-bond donors (Lipinski definition) is 0. The van der Waals surface area contributed by atoms with E-state index in [1.807, 2.05) is 66.7 Å². The zero-order valence-electron chi connectivity index (χ0n) is 20.1. The summed E-state index contributed by atoms with van der Waals surface area (Å²) < 4.78 is 14.9. The lowest BCUT2D eigenvalue weighted by molar-refractivity contribution is 0.304. The van der Waals surface area contributed by atoms with Crippen LogP contribution in [0.25, 0.3) is 33.5 Å². The van der Waals surface area contributed by atoms with E-state index in [-0.39, 0.29) is 5.56 Å². The Balaban J connectivity index is 1.37. The Morgan fingerprint density at radius 1 is 0.974 bits per heavy atom. The summed E-state index contributed by atoms with van der Waals surface area (Å²) in [5.74, 6) is 1.25. The molecule has 0 bridgehead atoms. The van der Waals surface area contributed by atoms with Crippen LogP contribution in [0.15, 0.2) is 114 Å². The molecule has 0 saturated carbocycles. The molecule has 0 N–H and O–H groups in total. The van der Waals surface area contributed by atoms with Gasteiger partial charge in [0.15, 0.2) is 11.5 Å². The summed E-state index contributed by atoms with van der Waals surface area (Å²) in [4.78, 5) is 18.2. The molecule has 0 unspecified atom stereocenters. The molecule has 0 fully saturated rings. The first-order valence-electron chi connectivity index (χ1n) is 11.9. The number of rotatable bonds is 6. The van der Waals surface area contributed by atoms with Crippen LogP contribution in [0.4, 0.5) is 0 Å². The fraction of sp³-hybridized carbons (Fsp3) is 0.0333. The molecule has 0 amide bonds. The van der Waals surface area contributed by atoms with Crippen molar-refractivity contribution in [2.24, 2.45) is 5.10 Å². The van der Waals surface area contributed by atoms with Crippen LogP contribution in [0, 0.1) is 0 Å². The van der Waals surface area contributed by atoms with Gasteiger partial charge in [-0.2, -0.15) is 9.78 Å². The maximum absolute atomic E-state index is 13.5. The molecule has 0 saturated heterocycles. The monoisotopic (exact) mass is 661 g/mol. The average Bonchev–Trinajstić information content (AvgIpc) is 3.37. The van der Waals surface area contributed by atoms with Crippen LogP contribution >= 0.6 is 43.5 Å². The van der Waals surface area contributed by atoms with E-state index in [0.717, 1.165) is 15.4 Å². The van der Waals surface area contributed by atoms with Gasteiger partial charge in [-0.25, -0.2) is 4.98 Å². The molecule has 6 rings (SSSR count). The van der Waals surface area contributed by atoms with Crippen LogP contribution in [0.2, 0.25) is 5.02 Å². The largest absolute Gasteiger partial charge is 0.486 e. The van der Waals surface area contributed by atoms with E-state index >= 15 is 0 Å². The molecular weight excluding hydrogens is 646 g/mol. The maximum atomic E-state index is 13.5. The zero-order chi connectivity index (χ0) is 26.9. The molecule has 0 atom stereocenters.